The molecule has 8 nitrogen and oxygen atoms in total. The van der Waals surface area contributed by atoms with E-state index in [1.165, 1.54) is 25.3 Å². The van der Waals surface area contributed by atoms with Gasteiger partial charge in [0.15, 0.2) is 11.3 Å². The lowest BCUT2D eigenvalue weighted by atomic mass is 10.3. The minimum atomic E-state index is -1.16. The Morgan fingerprint density at radius 3 is 2.88 bits per heavy atom. The number of imide groups is 1. The number of hydrogen-bond acceptors (Lipinski definition) is 6. The highest BCUT2D eigenvalue weighted by atomic mass is 32.2. The molecular formula is C15H15FN4O4S. The number of benzene rings is 1. The van der Waals surface area contributed by atoms with Crippen LogP contribution in [0.3, 0.4) is 0 Å². The van der Waals surface area contributed by atoms with Crippen LogP contribution in [-0.2, 0) is 14.3 Å². The van der Waals surface area contributed by atoms with Crippen LogP contribution in [0.5, 0.6) is 0 Å². The Bertz CT molecular complexity index is 795. The van der Waals surface area contributed by atoms with Gasteiger partial charge in [0, 0.05) is 12.4 Å². The van der Waals surface area contributed by atoms with Gasteiger partial charge in [-0.15, -0.1) is 0 Å². The summed E-state index contributed by atoms with van der Waals surface area (Å²) in [5.74, 6) is -2.01. The molecule has 0 saturated heterocycles. The van der Waals surface area contributed by atoms with Gasteiger partial charge in [-0.2, -0.15) is 0 Å². The summed E-state index contributed by atoms with van der Waals surface area (Å²) in [7, 11) is 0. The molecule has 0 unspecified atom stereocenters. The molecule has 0 fully saturated rings. The summed E-state index contributed by atoms with van der Waals surface area (Å²) in [5, 5.41) is 2.27. The van der Waals surface area contributed by atoms with Crippen molar-refractivity contribution >= 4 is 29.7 Å². The molecular weight excluding hydrogens is 351 g/mol. The van der Waals surface area contributed by atoms with Crippen LogP contribution in [-0.4, -0.2) is 39.3 Å². The molecule has 1 aromatic carbocycles. The van der Waals surface area contributed by atoms with Crippen molar-refractivity contribution < 1.29 is 23.5 Å². The molecule has 10 heteroatoms. The zero-order valence-electron chi connectivity index (χ0n) is 13.1. The summed E-state index contributed by atoms with van der Waals surface area (Å²) in [5.41, 5.74) is 5.37. The quantitative estimate of drug-likeness (QED) is 0.587. The SMILES string of the molecule is C[C@H](OC(=O)CSc1nccn1-c1cccc(F)c1)C(=O)NC(N)=O. The second-order valence-electron chi connectivity index (χ2n) is 4.83. The number of primary amides is 1. The fourth-order valence-corrected chi connectivity index (χ4v) is 2.61. The Kier molecular flexibility index (Phi) is 6.12. The maximum absolute atomic E-state index is 13.3. The molecule has 1 atom stereocenters. The molecule has 2 aromatic rings. The number of aromatic nitrogens is 2. The van der Waals surface area contributed by atoms with Gasteiger partial charge < -0.3 is 10.5 Å². The van der Waals surface area contributed by atoms with Crippen molar-refractivity contribution in [3.8, 4) is 5.69 Å². The summed E-state index contributed by atoms with van der Waals surface area (Å²) in [4.78, 5) is 37.9. The summed E-state index contributed by atoms with van der Waals surface area (Å²) in [6.07, 6.45) is 1.98. The molecule has 0 aliphatic rings. The van der Waals surface area contributed by atoms with Crippen molar-refractivity contribution in [2.45, 2.75) is 18.2 Å². The summed E-state index contributed by atoms with van der Waals surface area (Å²) < 4.78 is 19.8. The first-order valence-electron chi connectivity index (χ1n) is 7.08. The topological polar surface area (TPSA) is 116 Å². The predicted molar refractivity (Wildman–Crippen MR) is 87.5 cm³/mol. The maximum Gasteiger partial charge on any atom is 0.318 e. The zero-order valence-corrected chi connectivity index (χ0v) is 14.0. The van der Waals surface area contributed by atoms with Gasteiger partial charge in [0.25, 0.3) is 5.91 Å². The molecule has 3 N–H and O–H groups in total. The van der Waals surface area contributed by atoms with E-state index >= 15 is 0 Å². The number of nitrogens with one attached hydrogen (secondary N) is 1. The number of hydrogen-bond donors (Lipinski definition) is 2. The van der Waals surface area contributed by atoms with Crippen LogP contribution in [0.1, 0.15) is 6.92 Å². The van der Waals surface area contributed by atoms with Crippen molar-refractivity contribution in [1.82, 2.24) is 14.9 Å². The monoisotopic (exact) mass is 366 g/mol. The van der Waals surface area contributed by atoms with Crippen LogP contribution in [0.15, 0.2) is 41.8 Å². The summed E-state index contributed by atoms with van der Waals surface area (Å²) in [6, 6.07) is 4.89. The lowest BCUT2D eigenvalue weighted by Crippen LogP contribution is -2.42. The van der Waals surface area contributed by atoms with E-state index in [9.17, 15) is 18.8 Å². The normalized spacial score (nSPS) is 11.6. The number of halogens is 1. The smallest absolute Gasteiger partial charge is 0.318 e. The van der Waals surface area contributed by atoms with Crippen LogP contribution in [0.4, 0.5) is 9.18 Å². The Hall–Kier alpha value is -2.88. The van der Waals surface area contributed by atoms with Crippen molar-refractivity contribution in [3.05, 3.63) is 42.5 Å². The molecule has 132 valence electrons. The Morgan fingerprint density at radius 2 is 2.20 bits per heavy atom. The van der Waals surface area contributed by atoms with E-state index < -0.39 is 29.8 Å². The highest BCUT2D eigenvalue weighted by Crippen LogP contribution is 2.21. The highest BCUT2D eigenvalue weighted by Gasteiger charge is 2.19. The van der Waals surface area contributed by atoms with Crippen LogP contribution >= 0.6 is 11.8 Å². The Balaban J connectivity index is 1.94. The number of urea groups is 1. The Morgan fingerprint density at radius 1 is 1.44 bits per heavy atom. The number of nitrogens with zero attached hydrogens (tertiary/aromatic N) is 2. The first-order chi connectivity index (χ1) is 11.9. The van der Waals surface area contributed by atoms with Gasteiger partial charge in [-0.3, -0.25) is 19.5 Å². The van der Waals surface area contributed by atoms with Gasteiger partial charge in [-0.25, -0.2) is 14.2 Å². The number of thioether (sulfide) groups is 1. The van der Waals surface area contributed by atoms with Gasteiger partial charge in [0.1, 0.15) is 5.82 Å². The van der Waals surface area contributed by atoms with E-state index in [2.05, 4.69) is 4.98 Å². The number of esters is 1. The van der Waals surface area contributed by atoms with Crippen molar-refractivity contribution in [2.75, 3.05) is 5.75 Å². The number of carbonyl (C=O) groups excluding carboxylic acids is 3. The van der Waals surface area contributed by atoms with E-state index in [-0.39, 0.29) is 5.75 Å². The van der Waals surface area contributed by atoms with Crippen molar-refractivity contribution in [1.29, 1.82) is 0 Å². The summed E-state index contributed by atoms with van der Waals surface area (Å²) in [6.45, 7) is 1.31. The number of ether oxygens (including phenoxy) is 1. The third-order valence-electron chi connectivity index (χ3n) is 2.94. The van der Waals surface area contributed by atoms with Gasteiger partial charge in [0.05, 0.1) is 11.4 Å². The molecule has 0 radical (unpaired) electrons. The largest absolute Gasteiger partial charge is 0.452 e. The minimum Gasteiger partial charge on any atom is -0.452 e. The minimum absolute atomic E-state index is 0.124. The number of imidazole rings is 1. The Labute approximate surface area is 146 Å². The van der Waals surface area contributed by atoms with E-state index in [1.54, 1.807) is 22.9 Å². The lowest BCUT2D eigenvalue weighted by molar-refractivity contribution is -0.151. The first kappa shape index (κ1) is 18.5. The average Bonchev–Trinajstić information content (AvgIpc) is 3.00. The molecule has 1 heterocycles. The van der Waals surface area contributed by atoms with Gasteiger partial charge in [-0.1, -0.05) is 17.8 Å². The number of rotatable bonds is 6. The predicted octanol–water partition coefficient (Wildman–Crippen LogP) is 1.23. The molecule has 0 aliphatic carbocycles. The third-order valence-corrected chi connectivity index (χ3v) is 3.88. The van der Waals surface area contributed by atoms with Crippen LogP contribution < -0.4 is 11.1 Å². The van der Waals surface area contributed by atoms with Crippen LogP contribution in [0, 0.1) is 5.82 Å². The van der Waals surface area contributed by atoms with Crippen LogP contribution in [0.2, 0.25) is 0 Å². The molecule has 1 aromatic heterocycles. The first-order valence-corrected chi connectivity index (χ1v) is 8.07. The lowest BCUT2D eigenvalue weighted by Gasteiger charge is -2.12. The van der Waals surface area contributed by atoms with Gasteiger partial charge in [0.2, 0.25) is 0 Å². The molecule has 2 rings (SSSR count). The maximum atomic E-state index is 13.3. The van der Waals surface area contributed by atoms with Gasteiger partial charge >= 0.3 is 12.0 Å². The van der Waals surface area contributed by atoms with E-state index in [0.29, 0.717) is 10.8 Å². The molecule has 3 amide bonds. The highest BCUT2D eigenvalue weighted by molar-refractivity contribution is 7.99. The summed E-state index contributed by atoms with van der Waals surface area (Å²) >= 11 is 1.06. The van der Waals surface area contributed by atoms with Crippen molar-refractivity contribution in [3.63, 3.8) is 0 Å². The number of carbonyl (C=O) groups is 3. The fourth-order valence-electron chi connectivity index (χ4n) is 1.85. The average molecular weight is 366 g/mol. The second-order valence-corrected chi connectivity index (χ2v) is 5.78. The van der Waals surface area contributed by atoms with E-state index in [1.807, 2.05) is 5.32 Å². The molecule has 0 saturated carbocycles. The third kappa shape index (κ3) is 5.31. The number of nitrogens with two attached hydrogens (primary N) is 1. The number of amides is 3. The second kappa shape index (κ2) is 8.29. The van der Waals surface area contributed by atoms with E-state index in [4.69, 9.17) is 10.5 Å². The molecule has 25 heavy (non-hydrogen) atoms. The van der Waals surface area contributed by atoms with Gasteiger partial charge in [-0.05, 0) is 25.1 Å². The zero-order chi connectivity index (χ0) is 18.4. The van der Waals surface area contributed by atoms with Crippen LogP contribution in [0.25, 0.3) is 5.69 Å². The fraction of sp³-hybridized carbons (Fsp3) is 0.200. The standard InChI is InChI=1S/C15H15FN4O4S/c1-9(13(22)19-14(17)23)24-12(21)8-25-15-18-5-6-20(15)11-4-2-3-10(16)7-11/h2-7,9H,8H2,1H3,(H3,17,19,22,23)/t9-/m0/s1. The molecule has 0 aliphatic heterocycles. The van der Waals surface area contributed by atoms with Crippen molar-refractivity contribution in [2.24, 2.45) is 5.73 Å². The van der Waals surface area contributed by atoms with E-state index in [0.717, 1.165) is 11.8 Å². The molecule has 0 spiro atoms. The molecule has 0 bridgehead atoms.